The van der Waals surface area contributed by atoms with Gasteiger partial charge in [-0.15, -0.1) is 11.3 Å². The van der Waals surface area contributed by atoms with E-state index < -0.39 is 5.92 Å². The molecule has 2 aliphatic rings. The van der Waals surface area contributed by atoms with Crippen LogP contribution in [0, 0.1) is 5.92 Å². The van der Waals surface area contributed by atoms with E-state index in [4.69, 9.17) is 14.5 Å². The van der Waals surface area contributed by atoms with Gasteiger partial charge < -0.3 is 9.47 Å². The Morgan fingerprint density at radius 2 is 2.00 bits per heavy atom. The van der Waals surface area contributed by atoms with Crippen molar-refractivity contribution in [2.75, 3.05) is 14.2 Å². The Morgan fingerprint density at radius 1 is 1.17 bits per heavy atom. The Kier molecular flexibility index (Phi) is 5.37. The summed E-state index contributed by atoms with van der Waals surface area (Å²) in [5, 5.41) is 1.97. The first-order valence-electron chi connectivity index (χ1n) is 9.60. The number of nitrogens with zero attached hydrogens (tertiary/aromatic N) is 1. The number of ether oxygens (including phenoxy) is 2. The lowest BCUT2D eigenvalue weighted by Gasteiger charge is -2.35. The number of rotatable bonds is 4. The zero-order chi connectivity index (χ0) is 20.5. The van der Waals surface area contributed by atoms with Gasteiger partial charge in [0.15, 0.2) is 5.78 Å². The Labute approximate surface area is 174 Å². The van der Waals surface area contributed by atoms with Crippen LogP contribution < -0.4 is 4.74 Å². The molecule has 0 amide bonds. The van der Waals surface area contributed by atoms with Gasteiger partial charge in [-0.05, 0) is 48.4 Å². The average Bonchev–Trinajstić information content (AvgIpc) is 3.26. The van der Waals surface area contributed by atoms with E-state index in [1.54, 1.807) is 18.4 Å². The summed E-state index contributed by atoms with van der Waals surface area (Å²) in [6.45, 7) is 1.85. The number of thiophene rings is 1. The van der Waals surface area contributed by atoms with Crippen molar-refractivity contribution in [3.05, 3.63) is 63.5 Å². The lowest BCUT2D eigenvalue weighted by Crippen LogP contribution is -2.37. The van der Waals surface area contributed by atoms with Crippen LogP contribution >= 0.6 is 11.3 Å². The number of ketones is 1. The van der Waals surface area contributed by atoms with Gasteiger partial charge in [-0.25, -0.2) is 0 Å². The quantitative estimate of drug-likeness (QED) is 0.697. The van der Waals surface area contributed by atoms with Crippen LogP contribution in [0.3, 0.4) is 0 Å². The molecular weight excluding hydrogens is 386 g/mol. The average molecular weight is 410 g/mol. The second kappa shape index (κ2) is 7.95. The fourth-order valence-corrected chi connectivity index (χ4v) is 5.27. The number of esters is 1. The normalized spacial score (nSPS) is 24.0. The number of carbonyl (C=O) groups excluding carboxylic acids is 2. The van der Waals surface area contributed by atoms with E-state index in [0.717, 1.165) is 21.9 Å². The molecule has 1 aliphatic carbocycles. The first kappa shape index (κ1) is 19.6. The van der Waals surface area contributed by atoms with E-state index in [2.05, 4.69) is 0 Å². The van der Waals surface area contributed by atoms with Crippen molar-refractivity contribution in [3.63, 3.8) is 0 Å². The van der Waals surface area contributed by atoms with Crippen molar-refractivity contribution < 1.29 is 19.1 Å². The molecular formula is C23H23NO4S. The van der Waals surface area contributed by atoms with Crippen LogP contribution in [-0.4, -0.2) is 31.7 Å². The summed E-state index contributed by atoms with van der Waals surface area (Å²) in [7, 11) is 3.02. The minimum absolute atomic E-state index is 0.0477. The van der Waals surface area contributed by atoms with Crippen molar-refractivity contribution in [2.45, 2.75) is 31.6 Å². The van der Waals surface area contributed by atoms with Crippen molar-refractivity contribution in [3.8, 4) is 5.75 Å². The predicted molar refractivity (Wildman–Crippen MR) is 113 cm³/mol. The molecule has 0 saturated heterocycles. The smallest absolute Gasteiger partial charge is 0.315 e. The molecule has 29 heavy (non-hydrogen) atoms. The highest BCUT2D eigenvalue weighted by Crippen LogP contribution is 2.47. The van der Waals surface area contributed by atoms with Crippen LogP contribution in [0.4, 0.5) is 0 Å². The summed E-state index contributed by atoms with van der Waals surface area (Å²) < 4.78 is 10.4. The van der Waals surface area contributed by atoms with E-state index >= 15 is 0 Å². The minimum Gasteiger partial charge on any atom is -0.497 e. The SMILES string of the molecule is COC(=O)C1C(C)=NC2=C(C(=O)C[C@H](c3cccc(OC)c3)C2)[C@H]1c1cccs1. The third-order valence-electron chi connectivity index (χ3n) is 5.76. The summed E-state index contributed by atoms with van der Waals surface area (Å²) in [5.41, 5.74) is 3.24. The predicted octanol–water partition coefficient (Wildman–Crippen LogP) is 4.50. The van der Waals surface area contributed by atoms with Crippen LogP contribution in [0.1, 0.15) is 42.0 Å². The van der Waals surface area contributed by atoms with Crippen molar-refractivity contribution in [1.82, 2.24) is 0 Å². The second-order valence-corrected chi connectivity index (χ2v) is 8.39. The van der Waals surface area contributed by atoms with Crippen molar-refractivity contribution >= 4 is 28.8 Å². The maximum atomic E-state index is 13.3. The first-order chi connectivity index (χ1) is 14.0. The number of hydrogen-bond donors (Lipinski definition) is 0. The molecule has 4 rings (SSSR count). The first-order valence-corrected chi connectivity index (χ1v) is 10.5. The largest absolute Gasteiger partial charge is 0.497 e. The van der Waals surface area contributed by atoms with Gasteiger partial charge in [-0.3, -0.25) is 14.6 Å². The molecule has 2 heterocycles. The molecule has 5 nitrogen and oxygen atoms in total. The molecule has 0 spiro atoms. The zero-order valence-corrected chi connectivity index (χ0v) is 17.5. The van der Waals surface area contributed by atoms with Crippen LogP contribution in [0.5, 0.6) is 5.75 Å². The fourth-order valence-electron chi connectivity index (χ4n) is 4.40. The topological polar surface area (TPSA) is 65.0 Å². The molecule has 0 bridgehead atoms. The Balaban J connectivity index is 1.77. The zero-order valence-electron chi connectivity index (χ0n) is 16.7. The third-order valence-corrected chi connectivity index (χ3v) is 6.71. The monoisotopic (exact) mass is 409 g/mol. The number of allylic oxidation sites excluding steroid dienone is 2. The van der Waals surface area contributed by atoms with E-state index in [0.29, 0.717) is 24.1 Å². The van der Waals surface area contributed by atoms with Crippen molar-refractivity contribution in [2.24, 2.45) is 10.9 Å². The Bertz CT molecular complexity index is 1010. The van der Waals surface area contributed by atoms with E-state index in [1.165, 1.54) is 7.11 Å². The van der Waals surface area contributed by atoms with Crippen molar-refractivity contribution in [1.29, 1.82) is 0 Å². The minimum atomic E-state index is -0.560. The summed E-state index contributed by atoms with van der Waals surface area (Å²) in [5.74, 6) is -0.350. The van der Waals surface area contributed by atoms with Crippen LogP contribution in [0.2, 0.25) is 0 Å². The highest BCUT2D eigenvalue weighted by Gasteiger charge is 2.45. The molecule has 6 heteroatoms. The van der Waals surface area contributed by atoms with Gasteiger partial charge in [0.05, 0.1) is 14.2 Å². The van der Waals surface area contributed by atoms with Gasteiger partial charge in [0, 0.05) is 34.2 Å². The van der Waals surface area contributed by atoms with Gasteiger partial charge >= 0.3 is 5.97 Å². The lowest BCUT2D eigenvalue weighted by atomic mass is 9.71. The summed E-state index contributed by atoms with van der Waals surface area (Å²) >= 11 is 1.56. The highest BCUT2D eigenvalue weighted by molar-refractivity contribution is 7.10. The Hall–Kier alpha value is -2.73. The molecule has 0 radical (unpaired) electrons. The molecule has 150 valence electrons. The number of hydrogen-bond acceptors (Lipinski definition) is 6. The summed E-state index contributed by atoms with van der Waals surface area (Å²) in [6, 6.07) is 11.8. The fraction of sp³-hybridized carbons (Fsp3) is 0.348. The maximum Gasteiger partial charge on any atom is 0.315 e. The maximum absolute atomic E-state index is 13.3. The van der Waals surface area contributed by atoms with E-state index in [1.807, 2.05) is 48.7 Å². The molecule has 1 aromatic carbocycles. The number of methoxy groups -OCH3 is 2. The van der Waals surface area contributed by atoms with Gasteiger partial charge in [0.25, 0.3) is 0 Å². The molecule has 2 aromatic rings. The molecule has 1 unspecified atom stereocenters. The second-order valence-electron chi connectivity index (χ2n) is 7.41. The van der Waals surface area contributed by atoms with Gasteiger partial charge in [0.1, 0.15) is 11.7 Å². The van der Waals surface area contributed by atoms with Crippen LogP contribution in [0.25, 0.3) is 0 Å². The molecule has 1 aliphatic heterocycles. The molecule has 3 atom stereocenters. The number of benzene rings is 1. The molecule has 0 fully saturated rings. The van der Waals surface area contributed by atoms with Gasteiger partial charge in [-0.1, -0.05) is 18.2 Å². The summed E-state index contributed by atoms with van der Waals surface area (Å²) in [6.07, 6.45) is 1.07. The van der Waals surface area contributed by atoms with Gasteiger partial charge in [0.2, 0.25) is 0 Å². The van der Waals surface area contributed by atoms with E-state index in [-0.39, 0.29) is 23.6 Å². The molecule has 1 aromatic heterocycles. The molecule has 0 saturated carbocycles. The summed E-state index contributed by atoms with van der Waals surface area (Å²) in [4.78, 5) is 31.6. The standard InChI is InChI=1S/C23H23NO4S/c1-13-20(23(26)28-3)22(19-8-5-9-29-19)21-17(24-13)11-15(12-18(21)25)14-6-4-7-16(10-14)27-2/h4-10,15,20,22H,11-12H2,1-3H3/t15-,20?,22+/m1/s1. The third kappa shape index (κ3) is 3.53. The molecule has 0 N–H and O–H groups in total. The van der Waals surface area contributed by atoms with Crippen LogP contribution in [-0.2, 0) is 14.3 Å². The van der Waals surface area contributed by atoms with E-state index in [9.17, 15) is 9.59 Å². The highest BCUT2D eigenvalue weighted by atomic mass is 32.1. The Morgan fingerprint density at radius 3 is 2.69 bits per heavy atom. The number of carbonyl (C=O) groups is 2. The van der Waals surface area contributed by atoms with Gasteiger partial charge in [-0.2, -0.15) is 0 Å². The lowest BCUT2D eigenvalue weighted by molar-refractivity contribution is -0.143. The van der Waals surface area contributed by atoms with Crippen LogP contribution in [0.15, 0.2) is 58.0 Å². The number of aliphatic imine (C=N–C) groups is 1. The number of Topliss-reactive ketones (excluding diaryl/α,β-unsaturated/α-hetero) is 1.